The third kappa shape index (κ3) is 4.23. The smallest absolute Gasteiger partial charge is 0.203 e. The van der Waals surface area contributed by atoms with Crippen LogP contribution in [0.1, 0.15) is 75.3 Å². The molecular weight excluding hydrogens is 568 g/mol. The Morgan fingerprint density at radius 2 is 1.69 bits per heavy atom. The van der Waals surface area contributed by atoms with Gasteiger partial charge in [0.25, 0.3) is 0 Å². The summed E-state index contributed by atoms with van der Waals surface area (Å²) in [4.78, 5) is 40.7. The molecule has 6 rings (SSSR count). The van der Waals surface area contributed by atoms with Crippen molar-refractivity contribution in [2.75, 3.05) is 0 Å². The molecule has 4 N–H and O–H groups in total. The van der Waals surface area contributed by atoms with E-state index in [9.17, 15) is 34.8 Å². The number of benzene rings is 2. The number of fused-ring (bicyclic) bond motifs is 3. The summed E-state index contributed by atoms with van der Waals surface area (Å²) in [5.74, 6) is -5.12. The maximum Gasteiger partial charge on any atom is 0.203 e. The van der Waals surface area contributed by atoms with Crippen molar-refractivity contribution >= 4 is 28.7 Å². The van der Waals surface area contributed by atoms with Gasteiger partial charge in [0.1, 0.15) is 22.8 Å². The van der Waals surface area contributed by atoms with E-state index >= 15 is 0 Å². The fourth-order valence-electron chi connectivity index (χ4n) is 8.79. The highest BCUT2D eigenvalue weighted by atomic mass is 16.3. The molecule has 4 aliphatic carbocycles. The zero-order chi connectivity index (χ0) is 32.8. The Labute approximate surface area is 263 Å². The van der Waals surface area contributed by atoms with Crippen LogP contribution in [0.2, 0.25) is 0 Å². The fraction of sp³-hybridized carbons (Fsp3) is 0.395. The van der Waals surface area contributed by atoms with Crippen molar-refractivity contribution in [1.29, 1.82) is 0 Å². The molecule has 1 saturated carbocycles. The third-order valence-corrected chi connectivity index (χ3v) is 10.7. The Bertz CT molecular complexity index is 1820. The van der Waals surface area contributed by atoms with Crippen LogP contribution in [0.15, 0.2) is 71.0 Å². The molecule has 45 heavy (non-hydrogen) atoms. The molecule has 0 bridgehead atoms. The van der Waals surface area contributed by atoms with Crippen LogP contribution >= 0.6 is 0 Å². The maximum atomic E-state index is 14.5. The van der Waals surface area contributed by atoms with Gasteiger partial charge in [0.05, 0.1) is 5.56 Å². The van der Waals surface area contributed by atoms with Crippen LogP contribution in [-0.2, 0) is 27.2 Å². The number of hydrogen-bond acceptors (Lipinski definition) is 7. The van der Waals surface area contributed by atoms with Crippen LogP contribution in [0, 0.1) is 29.6 Å². The average molecular weight is 609 g/mol. The van der Waals surface area contributed by atoms with E-state index in [-0.39, 0.29) is 35.6 Å². The van der Waals surface area contributed by atoms with E-state index in [1.54, 1.807) is 27.7 Å². The number of phenols is 1. The fourth-order valence-corrected chi connectivity index (χ4v) is 8.79. The summed E-state index contributed by atoms with van der Waals surface area (Å²) in [7, 11) is 0. The third-order valence-electron chi connectivity index (χ3n) is 10.7. The zero-order valence-electron chi connectivity index (χ0n) is 26.6. The summed E-state index contributed by atoms with van der Waals surface area (Å²) in [5.41, 5.74) is 0.0698. The first-order valence-electron chi connectivity index (χ1n) is 15.6. The molecule has 7 heteroatoms. The van der Waals surface area contributed by atoms with Crippen molar-refractivity contribution in [1.82, 2.24) is 0 Å². The second-order valence-corrected chi connectivity index (χ2v) is 14.3. The number of aromatic hydroxyl groups is 1. The largest absolute Gasteiger partial charge is 0.508 e. The molecule has 0 radical (unpaired) electrons. The number of aryl methyl sites for hydroxylation is 1. The lowest BCUT2D eigenvalue weighted by molar-refractivity contribution is -0.178. The number of Topliss-reactive ketones (excluding diaryl/α,β-unsaturated/α-hetero) is 3. The van der Waals surface area contributed by atoms with Crippen molar-refractivity contribution in [2.24, 2.45) is 22.7 Å². The molecule has 7 nitrogen and oxygen atoms in total. The van der Waals surface area contributed by atoms with Crippen LogP contribution < -0.4 is 0 Å². The van der Waals surface area contributed by atoms with Crippen LogP contribution in [0.4, 0.5) is 0 Å². The average Bonchev–Trinajstić information content (AvgIpc) is 3.41. The van der Waals surface area contributed by atoms with Crippen molar-refractivity contribution in [3.05, 3.63) is 98.8 Å². The van der Waals surface area contributed by atoms with E-state index in [2.05, 4.69) is 36.4 Å². The minimum absolute atomic E-state index is 0.0771. The Kier molecular flexibility index (Phi) is 6.94. The normalized spacial score (nSPS) is 29.4. The lowest BCUT2D eigenvalue weighted by atomic mass is 9.43. The van der Waals surface area contributed by atoms with Gasteiger partial charge in [0.15, 0.2) is 17.2 Å². The molecule has 0 heterocycles. The summed E-state index contributed by atoms with van der Waals surface area (Å²) in [6.45, 7) is 10.2. The minimum Gasteiger partial charge on any atom is -0.508 e. The second kappa shape index (κ2) is 10.1. The monoisotopic (exact) mass is 608 g/mol. The van der Waals surface area contributed by atoms with E-state index < -0.39 is 56.8 Å². The molecule has 0 spiro atoms. The molecule has 234 valence electrons. The maximum absolute atomic E-state index is 14.5. The quantitative estimate of drug-likeness (QED) is 0.287. The van der Waals surface area contributed by atoms with E-state index in [1.165, 1.54) is 5.56 Å². The molecule has 1 fully saturated rings. The van der Waals surface area contributed by atoms with Crippen LogP contribution in [-0.4, -0.2) is 43.4 Å². The standard InChI is InChI=1S/C38H40O7/c1-19(2)29-32(41)27(21(4)39)34(43)38(45)35(44)30-33(42)28-26(17-36(30,5)18-37(29,38)6)14-13-25(31(28)40)16-22-9-12-24(15-22)23-10-7-20(3)8-11-23/h7-8,10-15,19,29,40,42-43,45H,9,16-18H2,1-6H3/t29?,36-,37-,38+/m1/s1. The number of aliphatic hydroxyl groups is 3. The number of ketones is 3. The minimum atomic E-state index is -2.61. The highest BCUT2D eigenvalue weighted by Crippen LogP contribution is 2.65. The summed E-state index contributed by atoms with van der Waals surface area (Å²) < 4.78 is 0. The number of carbonyl (C=O) groups is 3. The van der Waals surface area contributed by atoms with Crippen LogP contribution in [0.3, 0.4) is 0 Å². The Morgan fingerprint density at radius 3 is 2.31 bits per heavy atom. The molecule has 1 unspecified atom stereocenters. The first kappa shape index (κ1) is 30.8. The van der Waals surface area contributed by atoms with Gasteiger partial charge < -0.3 is 20.4 Å². The number of aliphatic hydroxyl groups excluding tert-OH is 2. The van der Waals surface area contributed by atoms with Crippen molar-refractivity contribution < 1.29 is 34.8 Å². The molecule has 0 amide bonds. The van der Waals surface area contributed by atoms with Gasteiger partial charge in [-0.2, -0.15) is 0 Å². The molecule has 2 aromatic rings. The number of carbonyl (C=O) groups excluding carboxylic acids is 3. The van der Waals surface area contributed by atoms with Crippen LogP contribution in [0.25, 0.3) is 11.3 Å². The summed E-state index contributed by atoms with van der Waals surface area (Å²) in [6.07, 6.45) is 5.75. The van der Waals surface area contributed by atoms with Crippen molar-refractivity contribution in [3.8, 4) is 5.75 Å². The molecule has 0 aromatic heterocycles. The highest BCUT2D eigenvalue weighted by molar-refractivity contribution is 6.24. The van der Waals surface area contributed by atoms with Gasteiger partial charge in [0.2, 0.25) is 5.78 Å². The van der Waals surface area contributed by atoms with Gasteiger partial charge in [-0.05, 0) is 67.7 Å². The highest BCUT2D eigenvalue weighted by Gasteiger charge is 2.72. The second-order valence-electron chi connectivity index (χ2n) is 14.3. The molecule has 0 saturated heterocycles. The number of rotatable bonds is 5. The number of allylic oxidation sites excluding steroid dienone is 5. The van der Waals surface area contributed by atoms with E-state index in [1.807, 2.05) is 19.1 Å². The molecule has 0 aliphatic heterocycles. The first-order chi connectivity index (χ1) is 21.0. The predicted molar refractivity (Wildman–Crippen MR) is 171 cm³/mol. The summed E-state index contributed by atoms with van der Waals surface area (Å²) >= 11 is 0. The number of hydrogen-bond donors (Lipinski definition) is 4. The van der Waals surface area contributed by atoms with Gasteiger partial charge >= 0.3 is 0 Å². The topological polar surface area (TPSA) is 132 Å². The first-order valence-corrected chi connectivity index (χ1v) is 15.6. The predicted octanol–water partition coefficient (Wildman–Crippen LogP) is 6.45. The lowest BCUT2D eigenvalue weighted by Gasteiger charge is -2.59. The van der Waals surface area contributed by atoms with Crippen molar-refractivity contribution in [2.45, 2.75) is 72.8 Å². The van der Waals surface area contributed by atoms with E-state index in [0.717, 1.165) is 30.1 Å². The van der Waals surface area contributed by atoms with Gasteiger partial charge in [-0.3, -0.25) is 14.4 Å². The van der Waals surface area contributed by atoms with Crippen molar-refractivity contribution in [3.63, 3.8) is 0 Å². The Hall–Kier alpha value is -4.23. The van der Waals surface area contributed by atoms with Gasteiger partial charge in [0, 0.05) is 22.3 Å². The van der Waals surface area contributed by atoms with E-state index in [4.69, 9.17) is 0 Å². The SMILES string of the molecule is CC(=O)C1=C(O)[C@]2(O)C(=O)C3=C(O)c4c(ccc(CC5=CC(c6ccc(C)cc6)=CC5)c4O)C[C@]3(C)C[C@]2(C)C(C(C)C)C1=O. The van der Waals surface area contributed by atoms with Crippen LogP contribution in [0.5, 0.6) is 5.75 Å². The van der Waals surface area contributed by atoms with E-state index in [0.29, 0.717) is 17.5 Å². The molecule has 2 aromatic carbocycles. The summed E-state index contributed by atoms with van der Waals surface area (Å²) in [5, 5.41) is 46.9. The molecule has 4 aliphatic rings. The molecular formula is C38H40O7. The Balaban J connectivity index is 1.44. The summed E-state index contributed by atoms with van der Waals surface area (Å²) in [6, 6.07) is 12.0. The van der Waals surface area contributed by atoms with Gasteiger partial charge in [-0.15, -0.1) is 0 Å². The van der Waals surface area contributed by atoms with Gasteiger partial charge in [-0.25, -0.2) is 0 Å². The Morgan fingerprint density at radius 1 is 1.02 bits per heavy atom. The van der Waals surface area contributed by atoms with Gasteiger partial charge in [-0.1, -0.05) is 87.4 Å². The molecule has 4 atom stereocenters. The number of phenolic OH excluding ortho intramolecular Hbond substituents is 1. The lowest BCUT2D eigenvalue weighted by Crippen LogP contribution is -2.69. The zero-order valence-corrected chi connectivity index (χ0v) is 26.6.